The molecule has 116 valence electrons. The molecule has 1 N–H and O–H groups in total. The van der Waals surface area contributed by atoms with Crippen molar-refractivity contribution in [2.45, 2.75) is 26.7 Å². The number of aromatic nitrogens is 1. The average Bonchev–Trinajstić information content (AvgIpc) is 2.92. The Labute approximate surface area is 133 Å². The van der Waals surface area contributed by atoms with Crippen LogP contribution < -0.4 is 5.32 Å². The summed E-state index contributed by atoms with van der Waals surface area (Å²) in [5.74, 6) is -0.462. The van der Waals surface area contributed by atoms with Crippen molar-refractivity contribution in [2.24, 2.45) is 0 Å². The van der Waals surface area contributed by atoms with E-state index in [0.717, 1.165) is 5.01 Å². The van der Waals surface area contributed by atoms with Gasteiger partial charge in [0.05, 0.1) is 11.2 Å². The lowest BCUT2D eigenvalue weighted by molar-refractivity contribution is -0.119. The number of amides is 1. The summed E-state index contributed by atoms with van der Waals surface area (Å²) in [5.41, 5.74) is 1.88. The predicted molar refractivity (Wildman–Crippen MR) is 86.3 cm³/mol. The minimum absolute atomic E-state index is 0.318. The highest BCUT2D eigenvalue weighted by Gasteiger charge is 2.13. The molecule has 0 radical (unpaired) electrons. The highest BCUT2D eigenvalue weighted by atomic mass is 32.1. The van der Waals surface area contributed by atoms with Crippen LogP contribution in [0.2, 0.25) is 0 Å². The molecule has 0 saturated carbocycles. The molecule has 1 aromatic heterocycles. The molecule has 0 fully saturated rings. The minimum Gasteiger partial charge on any atom is -0.451 e. The van der Waals surface area contributed by atoms with Crippen LogP contribution in [0.4, 0.5) is 5.69 Å². The molecule has 0 unspecified atom stereocenters. The first-order valence-electron chi connectivity index (χ1n) is 6.95. The first-order valence-corrected chi connectivity index (χ1v) is 7.76. The molecule has 0 spiro atoms. The van der Waals surface area contributed by atoms with Crippen LogP contribution in [0.15, 0.2) is 30.5 Å². The zero-order valence-corrected chi connectivity index (χ0v) is 13.6. The second-order valence-corrected chi connectivity index (χ2v) is 6.38. The Balaban J connectivity index is 1.84. The summed E-state index contributed by atoms with van der Waals surface area (Å²) in [7, 11) is 0. The largest absolute Gasteiger partial charge is 0.451 e. The lowest BCUT2D eigenvalue weighted by atomic mass is 10.0. The third kappa shape index (κ3) is 4.39. The molecule has 0 atom stereocenters. The summed E-state index contributed by atoms with van der Waals surface area (Å²) >= 11 is 1.24. The van der Waals surface area contributed by atoms with E-state index in [1.54, 1.807) is 6.92 Å². The quantitative estimate of drug-likeness (QED) is 0.858. The van der Waals surface area contributed by atoms with Gasteiger partial charge in [0.25, 0.3) is 5.91 Å². The van der Waals surface area contributed by atoms with E-state index in [0.29, 0.717) is 16.5 Å². The van der Waals surface area contributed by atoms with Crippen molar-refractivity contribution in [1.82, 2.24) is 4.98 Å². The Bertz CT molecular complexity index is 662. The number of hydrogen-bond acceptors (Lipinski definition) is 5. The number of nitrogens with one attached hydrogen (secondary N) is 1. The smallest absolute Gasteiger partial charge is 0.350 e. The number of carbonyl (C=O) groups excluding carboxylic acids is 2. The van der Waals surface area contributed by atoms with Crippen molar-refractivity contribution in [3.05, 3.63) is 45.9 Å². The minimum atomic E-state index is -0.532. The third-order valence-corrected chi connectivity index (χ3v) is 3.91. The van der Waals surface area contributed by atoms with Crippen molar-refractivity contribution < 1.29 is 14.3 Å². The zero-order valence-electron chi connectivity index (χ0n) is 12.8. The summed E-state index contributed by atoms with van der Waals surface area (Å²) in [6.45, 7) is 5.69. The lowest BCUT2D eigenvalue weighted by Crippen LogP contribution is -2.20. The second kappa shape index (κ2) is 7.17. The number of aryl methyl sites for hydroxylation is 1. The van der Waals surface area contributed by atoms with Gasteiger partial charge in [0.2, 0.25) is 0 Å². The summed E-state index contributed by atoms with van der Waals surface area (Å²) in [6, 6.07) is 7.60. The molecule has 2 rings (SSSR count). The predicted octanol–water partition coefficient (Wildman–Crippen LogP) is 3.37. The molecule has 6 heteroatoms. The van der Waals surface area contributed by atoms with Crippen molar-refractivity contribution in [1.29, 1.82) is 0 Å². The van der Waals surface area contributed by atoms with Crippen LogP contribution in [0.5, 0.6) is 0 Å². The summed E-state index contributed by atoms with van der Waals surface area (Å²) in [5, 5.41) is 3.47. The van der Waals surface area contributed by atoms with Crippen LogP contribution in [0.1, 0.15) is 40.0 Å². The van der Waals surface area contributed by atoms with Gasteiger partial charge in [-0.1, -0.05) is 26.0 Å². The molecule has 22 heavy (non-hydrogen) atoms. The van der Waals surface area contributed by atoms with Gasteiger partial charge in [-0.3, -0.25) is 4.79 Å². The van der Waals surface area contributed by atoms with Crippen LogP contribution in [-0.4, -0.2) is 23.5 Å². The van der Waals surface area contributed by atoms with Crippen LogP contribution >= 0.6 is 11.3 Å². The highest BCUT2D eigenvalue weighted by Crippen LogP contribution is 2.17. The van der Waals surface area contributed by atoms with E-state index in [4.69, 9.17) is 4.74 Å². The Kier molecular flexibility index (Phi) is 5.27. The number of ether oxygens (including phenoxy) is 1. The Morgan fingerprint density at radius 1 is 1.27 bits per heavy atom. The average molecular weight is 318 g/mol. The van der Waals surface area contributed by atoms with Gasteiger partial charge in [-0.2, -0.15) is 0 Å². The van der Waals surface area contributed by atoms with E-state index < -0.39 is 5.97 Å². The fourth-order valence-corrected chi connectivity index (χ4v) is 2.48. The second-order valence-electron chi connectivity index (χ2n) is 5.14. The van der Waals surface area contributed by atoms with Gasteiger partial charge >= 0.3 is 5.97 Å². The molecule has 0 aliphatic heterocycles. The van der Waals surface area contributed by atoms with Crippen LogP contribution in [0.3, 0.4) is 0 Å². The van der Waals surface area contributed by atoms with Crippen LogP contribution in [0, 0.1) is 6.92 Å². The normalized spacial score (nSPS) is 10.5. The van der Waals surface area contributed by atoms with Gasteiger partial charge in [-0.05, 0) is 30.5 Å². The molecule has 0 aliphatic rings. The van der Waals surface area contributed by atoms with Crippen molar-refractivity contribution in [2.75, 3.05) is 11.9 Å². The Morgan fingerprint density at radius 3 is 2.50 bits per heavy atom. The van der Waals surface area contributed by atoms with Gasteiger partial charge in [0, 0.05) is 5.69 Å². The van der Waals surface area contributed by atoms with E-state index in [9.17, 15) is 9.59 Å². The number of carbonyl (C=O) groups is 2. The van der Waals surface area contributed by atoms with Crippen LogP contribution in [0.25, 0.3) is 0 Å². The van der Waals surface area contributed by atoms with Gasteiger partial charge < -0.3 is 10.1 Å². The maximum atomic E-state index is 11.8. The molecule has 0 aliphatic carbocycles. The first-order chi connectivity index (χ1) is 10.5. The molecule has 1 amide bonds. The molecule has 1 heterocycles. The number of hydrogen-bond donors (Lipinski definition) is 1. The maximum Gasteiger partial charge on any atom is 0.350 e. The number of esters is 1. The molecule has 0 saturated heterocycles. The number of anilines is 1. The Morgan fingerprint density at radius 2 is 1.95 bits per heavy atom. The molecule has 0 bridgehead atoms. The first kappa shape index (κ1) is 16.2. The van der Waals surface area contributed by atoms with Gasteiger partial charge in [0.1, 0.15) is 4.88 Å². The van der Waals surface area contributed by atoms with E-state index in [-0.39, 0.29) is 12.5 Å². The number of thiazole rings is 1. The van der Waals surface area contributed by atoms with Crippen molar-refractivity contribution in [3.63, 3.8) is 0 Å². The van der Waals surface area contributed by atoms with Crippen LogP contribution in [-0.2, 0) is 9.53 Å². The monoisotopic (exact) mass is 318 g/mol. The van der Waals surface area contributed by atoms with E-state index in [1.165, 1.54) is 23.1 Å². The maximum absolute atomic E-state index is 11.8. The SMILES string of the molecule is Cc1ncc(C(=O)OCC(=O)Nc2ccc(C(C)C)cc2)s1. The highest BCUT2D eigenvalue weighted by molar-refractivity contribution is 7.13. The van der Waals surface area contributed by atoms with Gasteiger partial charge in [0.15, 0.2) is 6.61 Å². The molecule has 1 aromatic carbocycles. The zero-order chi connectivity index (χ0) is 16.1. The Hall–Kier alpha value is -2.21. The van der Waals surface area contributed by atoms with E-state index in [2.05, 4.69) is 24.1 Å². The number of benzene rings is 1. The number of rotatable bonds is 5. The topological polar surface area (TPSA) is 68.3 Å². The molecule has 2 aromatic rings. The third-order valence-electron chi connectivity index (χ3n) is 3.02. The summed E-state index contributed by atoms with van der Waals surface area (Å²) < 4.78 is 4.96. The summed E-state index contributed by atoms with van der Waals surface area (Å²) in [4.78, 5) is 27.8. The van der Waals surface area contributed by atoms with Crippen molar-refractivity contribution in [3.8, 4) is 0 Å². The standard InChI is InChI=1S/C16H18N2O3S/c1-10(2)12-4-6-13(7-5-12)18-15(19)9-21-16(20)14-8-17-11(3)22-14/h4-8,10H,9H2,1-3H3,(H,18,19). The van der Waals surface area contributed by atoms with E-state index in [1.807, 2.05) is 24.3 Å². The summed E-state index contributed by atoms with van der Waals surface area (Å²) in [6.07, 6.45) is 1.45. The number of nitrogens with zero attached hydrogens (tertiary/aromatic N) is 1. The molecular weight excluding hydrogens is 300 g/mol. The van der Waals surface area contributed by atoms with Gasteiger partial charge in [-0.25, -0.2) is 9.78 Å². The fraction of sp³-hybridized carbons (Fsp3) is 0.312. The lowest BCUT2D eigenvalue weighted by Gasteiger charge is -2.08. The van der Waals surface area contributed by atoms with E-state index >= 15 is 0 Å². The van der Waals surface area contributed by atoms with Gasteiger partial charge in [-0.15, -0.1) is 11.3 Å². The molecular formula is C16H18N2O3S. The fourth-order valence-electron chi connectivity index (χ4n) is 1.81. The molecule has 5 nitrogen and oxygen atoms in total. The van der Waals surface area contributed by atoms with Crippen molar-refractivity contribution >= 4 is 28.9 Å².